The molecule has 1 N–H and O–H groups in total. The minimum Gasteiger partial charge on any atom is -0.494 e. The lowest BCUT2D eigenvalue weighted by molar-refractivity contribution is -0.142. The van der Waals surface area contributed by atoms with Crippen LogP contribution in [0, 0.1) is 0 Å². The smallest absolute Gasteiger partial charge is 0.320 e. The topological polar surface area (TPSA) is 49.8 Å². The fraction of sp³-hybridized carbons (Fsp3) is 0.533. The molecule has 0 radical (unpaired) electrons. The average Bonchev–Trinajstić information content (AvgIpc) is 2.40. The Kier molecular flexibility index (Phi) is 6.36. The van der Waals surface area contributed by atoms with E-state index in [4.69, 9.17) is 9.84 Å². The lowest BCUT2D eigenvalue weighted by Gasteiger charge is -2.21. The van der Waals surface area contributed by atoms with Crippen LogP contribution in [0.15, 0.2) is 24.3 Å². The maximum Gasteiger partial charge on any atom is 0.320 e. The van der Waals surface area contributed by atoms with Gasteiger partial charge in [0.1, 0.15) is 11.8 Å². The monoisotopic (exact) mass is 265 g/mol. The van der Waals surface area contributed by atoms with Crippen LogP contribution in [0.1, 0.15) is 32.3 Å². The summed E-state index contributed by atoms with van der Waals surface area (Å²) < 4.78 is 5.58. The number of rotatable bonds is 8. The van der Waals surface area contributed by atoms with E-state index in [9.17, 15) is 4.79 Å². The summed E-state index contributed by atoms with van der Waals surface area (Å²) >= 11 is 0. The molecule has 0 spiro atoms. The number of benzene rings is 1. The highest BCUT2D eigenvalue weighted by Crippen LogP contribution is 2.14. The van der Waals surface area contributed by atoms with E-state index in [0.29, 0.717) is 6.54 Å². The van der Waals surface area contributed by atoms with Gasteiger partial charge >= 0.3 is 5.97 Å². The molecule has 0 bridgehead atoms. The van der Waals surface area contributed by atoms with Crippen LogP contribution in [0.3, 0.4) is 0 Å². The van der Waals surface area contributed by atoms with E-state index in [1.807, 2.05) is 31.3 Å². The minimum absolute atomic E-state index is 0.486. The summed E-state index contributed by atoms with van der Waals surface area (Å²) in [5, 5.41) is 8.93. The van der Waals surface area contributed by atoms with Crippen molar-refractivity contribution in [2.75, 3.05) is 13.7 Å². The van der Waals surface area contributed by atoms with Crippen molar-refractivity contribution in [2.45, 2.75) is 39.3 Å². The van der Waals surface area contributed by atoms with Gasteiger partial charge in [-0.1, -0.05) is 25.5 Å². The van der Waals surface area contributed by atoms with Crippen molar-refractivity contribution in [3.05, 3.63) is 29.8 Å². The Balaban J connectivity index is 2.49. The van der Waals surface area contributed by atoms with Crippen molar-refractivity contribution in [2.24, 2.45) is 0 Å². The normalized spacial score (nSPS) is 12.4. The number of carbonyl (C=O) groups is 1. The predicted molar refractivity (Wildman–Crippen MR) is 75.4 cm³/mol. The maximum absolute atomic E-state index is 10.9. The van der Waals surface area contributed by atoms with Gasteiger partial charge in [0.15, 0.2) is 0 Å². The van der Waals surface area contributed by atoms with Crippen molar-refractivity contribution in [3.8, 4) is 5.75 Å². The van der Waals surface area contributed by atoms with Crippen LogP contribution in [0.25, 0.3) is 0 Å². The fourth-order valence-corrected chi connectivity index (χ4v) is 1.64. The number of ether oxygens (including phenoxy) is 1. The number of aliphatic carboxylic acids is 1. The Morgan fingerprint density at radius 2 is 2.00 bits per heavy atom. The molecule has 0 aliphatic carbocycles. The van der Waals surface area contributed by atoms with Gasteiger partial charge in [-0.25, -0.2) is 0 Å². The van der Waals surface area contributed by atoms with Gasteiger partial charge in [0.05, 0.1) is 6.61 Å². The Hall–Kier alpha value is -1.55. The van der Waals surface area contributed by atoms with Gasteiger partial charge in [-0.2, -0.15) is 0 Å². The molecule has 1 aromatic rings. The zero-order chi connectivity index (χ0) is 14.3. The van der Waals surface area contributed by atoms with Crippen LogP contribution in [-0.4, -0.2) is 35.7 Å². The van der Waals surface area contributed by atoms with Gasteiger partial charge in [0.2, 0.25) is 0 Å². The molecule has 0 saturated carbocycles. The molecule has 0 fully saturated rings. The number of hydrogen-bond donors (Lipinski definition) is 1. The Labute approximate surface area is 115 Å². The number of carboxylic acids is 1. The van der Waals surface area contributed by atoms with E-state index in [1.165, 1.54) is 0 Å². The largest absolute Gasteiger partial charge is 0.494 e. The molecular weight excluding hydrogens is 242 g/mol. The van der Waals surface area contributed by atoms with Crippen molar-refractivity contribution in [3.63, 3.8) is 0 Å². The van der Waals surface area contributed by atoms with Crippen LogP contribution < -0.4 is 4.74 Å². The molecule has 19 heavy (non-hydrogen) atoms. The molecule has 106 valence electrons. The molecule has 0 aliphatic rings. The summed E-state index contributed by atoms with van der Waals surface area (Å²) in [6.45, 7) is 5.17. The first-order chi connectivity index (χ1) is 9.04. The second-order valence-corrected chi connectivity index (χ2v) is 4.78. The Morgan fingerprint density at radius 3 is 2.53 bits per heavy atom. The second-order valence-electron chi connectivity index (χ2n) is 4.78. The van der Waals surface area contributed by atoms with Crippen molar-refractivity contribution in [1.29, 1.82) is 0 Å². The number of carboxylic acid groups (broad SMARTS) is 1. The molecule has 4 nitrogen and oxygen atoms in total. The number of hydrogen-bond acceptors (Lipinski definition) is 3. The summed E-state index contributed by atoms with van der Waals surface area (Å²) in [6, 6.07) is 7.34. The van der Waals surface area contributed by atoms with E-state index >= 15 is 0 Å². The Bertz CT molecular complexity index is 389. The number of nitrogens with zero attached hydrogens (tertiary/aromatic N) is 1. The van der Waals surface area contributed by atoms with E-state index in [-0.39, 0.29) is 0 Å². The highest BCUT2D eigenvalue weighted by molar-refractivity contribution is 5.72. The van der Waals surface area contributed by atoms with Gasteiger partial charge in [-0.15, -0.1) is 0 Å². The first kappa shape index (κ1) is 15.5. The summed E-state index contributed by atoms with van der Waals surface area (Å²) in [5.41, 5.74) is 1.08. The molecule has 0 aliphatic heterocycles. The van der Waals surface area contributed by atoms with Crippen LogP contribution in [-0.2, 0) is 11.3 Å². The van der Waals surface area contributed by atoms with Crippen LogP contribution >= 0.6 is 0 Å². The van der Waals surface area contributed by atoms with Crippen molar-refractivity contribution < 1.29 is 14.6 Å². The quantitative estimate of drug-likeness (QED) is 0.734. The minimum atomic E-state index is -0.804. The average molecular weight is 265 g/mol. The Morgan fingerprint density at radius 1 is 1.37 bits per heavy atom. The zero-order valence-corrected chi connectivity index (χ0v) is 11.9. The van der Waals surface area contributed by atoms with Gasteiger partial charge in [0.25, 0.3) is 0 Å². The third kappa shape index (κ3) is 5.30. The van der Waals surface area contributed by atoms with E-state index in [1.54, 1.807) is 11.8 Å². The SMILES string of the molecule is CCCCOc1ccc(CN(C)C(C)C(=O)O)cc1. The third-order valence-electron chi connectivity index (χ3n) is 3.14. The van der Waals surface area contributed by atoms with E-state index in [0.717, 1.165) is 30.8 Å². The fourth-order valence-electron chi connectivity index (χ4n) is 1.64. The summed E-state index contributed by atoms with van der Waals surface area (Å²) in [4.78, 5) is 12.7. The molecule has 0 amide bonds. The third-order valence-corrected chi connectivity index (χ3v) is 3.14. The summed E-state index contributed by atoms with van der Waals surface area (Å²) in [7, 11) is 1.81. The predicted octanol–water partition coefficient (Wildman–Crippen LogP) is 2.77. The zero-order valence-electron chi connectivity index (χ0n) is 11.9. The van der Waals surface area contributed by atoms with Gasteiger partial charge in [0, 0.05) is 6.54 Å². The highest BCUT2D eigenvalue weighted by atomic mass is 16.5. The maximum atomic E-state index is 10.9. The second kappa shape index (κ2) is 7.79. The molecular formula is C15H23NO3. The van der Waals surface area contributed by atoms with Gasteiger partial charge < -0.3 is 9.84 Å². The lowest BCUT2D eigenvalue weighted by atomic mass is 10.2. The molecule has 1 atom stereocenters. The molecule has 1 aromatic carbocycles. The standard InChI is InChI=1S/C15H23NO3/c1-4-5-10-19-14-8-6-13(7-9-14)11-16(3)12(2)15(17)18/h6-9,12H,4-5,10-11H2,1-3H3,(H,17,18). The van der Waals surface area contributed by atoms with Gasteiger partial charge in [-0.3, -0.25) is 9.69 Å². The van der Waals surface area contributed by atoms with Crippen molar-refractivity contribution in [1.82, 2.24) is 4.90 Å². The number of likely N-dealkylation sites (N-methyl/N-ethyl adjacent to an activating group) is 1. The highest BCUT2D eigenvalue weighted by Gasteiger charge is 2.16. The molecule has 1 rings (SSSR count). The molecule has 1 unspecified atom stereocenters. The van der Waals surface area contributed by atoms with Gasteiger partial charge in [-0.05, 0) is 38.1 Å². The van der Waals surface area contributed by atoms with E-state index < -0.39 is 12.0 Å². The summed E-state index contributed by atoms with van der Waals surface area (Å²) in [6.07, 6.45) is 2.18. The summed E-state index contributed by atoms with van der Waals surface area (Å²) in [5.74, 6) is 0.0631. The van der Waals surface area contributed by atoms with Crippen LogP contribution in [0.5, 0.6) is 5.75 Å². The molecule has 0 heterocycles. The van der Waals surface area contributed by atoms with Crippen LogP contribution in [0.2, 0.25) is 0 Å². The van der Waals surface area contributed by atoms with Crippen molar-refractivity contribution >= 4 is 5.97 Å². The first-order valence-electron chi connectivity index (χ1n) is 6.69. The lowest BCUT2D eigenvalue weighted by Crippen LogP contribution is -2.35. The number of unbranched alkanes of at least 4 members (excludes halogenated alkanes) is 1. The molecule has 0 aromatic heterocycles. The molecule has 4 heteroatoms. The first-order valence-corrected chi connectivity index (χ1v) is 6.69. The van der Waals surface area contributed by atoms with Crippen LogP contribution in [0.4, 0.5) is 0 Å². The van der Waals surface area contributed by atoms with E-state index in [2.05, 4.69) is 6.92 Å². The molecule has 0 saturated heterocycles.